The van der Waals surface area contributed by atoms with E-state index < -0.39 is 0 Å². The summed E-state index contributed by atoms with van der Waals surface area (Å²) in [5.41, 5.74) is 4.20. The quantitative estimate of drug-likeness (QED) is 0.510. The van der Waals surface area contributed by atoms with E-state index in [2.05, 4.69) is 27.8 Å². The Bertz CT molecular complexity index is 1250. The van der Waals surface area contributed by atoms with Gasteiger partial charge in [-0.3, -0.25) is 4.98 Å². The highest BCUT2D eigenvalue weighted by Gasteiger charge is 2.42. The fourth-order valence-electron chi connectivity index (χ4n) is 6.04. The molecule has 36 heavy (non-hydrogen) atoms. The molecule has 190 valence electrons. The zero-order valence-electron chi connectivity index (χ0n) is 20.8. The summed E-state index contributed by atoms with van der Waals surface area (Å²) in [6.45, 7) is 6.61. The number of nitrogens with zero attached hydrogens (tertiary/aromatic N) is 7. The van der Waals surface area contributed by atoms with Crippen LogP contribution in [0.4, 0.5) is 17.3 Å². The van der Waals surface area contributed by atoms with Crippen molar-refractivity contribution >= 4 is 40.2 Å². The van der Waals surface area contributed by atoms with Crippen molar-refractivity contribution in [3.63, 3.8) is 0 Å². The number of rotatable bonds is 3. The van der Waals surface area contributed by atoms with Crippen molar-refractivity contribution < 1.29 is 9.47 Å². The molecule has 9 nitrogen and oxygen atoms in total. The Balaban J connectivity index is 1.25. The molecule has 3 aromatic heterocycles. The Morgan fingerprint density at radius 2 is 2.00 bits per heavy atom. The van der Waals surface area contributed by atoms with Crippen LogP contribution in [0.5, 0.6) is 0 Å². The topological polar surface area (TPSA) is 81.4 Å². The molecule has 0 aromatic carbocycles. The summed E-state index contributed by atoms with van der Waals surface area (Å²) in [7, 11) is 0. The van der Waals surface area contributed by atoms with Gasteiger partial charge in [0.1, 0.15) is 11.3 Å². The Hall–Kier alpha value is -2.43. The third-order valence-electron chi connectivity index (χ3n) is 8.00. The van der Waals surface area contributed by atoms with Crippen molar-refractivity contribution in [2.45, 2.75) is 68.3 Å². The summed E-state index contributed by atoms with van der Waals surface area (Å²) in [5, 5.41) is 5.11. The van der Waals surface area contributed by atoms with E-state index in [1.54, 1.807) is 0 Å². The normalized spacial score (nSPS) is 26.0. The highest BCUT2D eigenvalue weighted by Crippen LogP contribution is 2.45. The molecule has 10 heteroatoms. The van der Waals surface area contributed by atoms with Gasteiger partial charge in [-0.2, -0.15) is 0 Å². The summed E-state index contributed by atoms with van der Waals surface area (Å²) in [5.74, 6) is 1.79. The second-order valence-electron chi connectivity index (χ2n) is 10.4. The second-order valence-corrected chi connectivity index (χ2v) is 12.1. The van der Waals surface area contributed by atoms with Crippen molar-refractivity contribution in [3.05, 3.63) is 30.2 Å². The molecule has 0 aliphatic carbocycles. The molecule has 3 fully saturated rings. The van der Waals surface area contributed by atoms with Crippen molar-refractivity contribution in [3.8, 4) is 0 Å². The molecule has 0 bridgehead atoms. The van der Waals surface area contributed by atoms with Crippen LogP contribution in [0, 0.1) is 0 Å². The first-order valence-electron chi connectivity index (χ1n) is 13.3. The average molecular weight is 508 g/mol. The van der Waals surface area contributed by atoms with Crippen LogP contribution in [0.15, 0.2) is 24.5 Å². The van der Waals surface area contributed by atoms with Crippen LogP contribution < -0.4 is 9.80 Å². The lowest BCUT2D eigenvalue weighted by Gasteiger charge is -2.38. The molecule has 0 N–H and O–H groups in total. The molecule has 4 aliphatic rings. The molecular weight excluding hydrogens is 474 g/mol. The van der Waals surface area contributed by atoms with E-state index in [0.29, 0.717) is 5.44 Å². The predicted octanol–water partition coefficient (Wildman–Crippen LogP) is 4.45. The maximum atomic E-state index is 6.17. The Morgan fingerprint density at radius 1 is 1.08 bits per heavy atom. The zero-order chi connectivity index (χ0) is 24.1. The molecule has 0 radical (unpaired) electrons. The number of hydrogen-bond donors (Lipinski definition) is 0. The number of thioether (sulfide) groups is 1. The Morgan fingerprint density at radius 3 is 2.81 bits per heavy atom. The number of aryl methyl sites for hydroxylation is 1. The molecular formula is C26H33N7O2S. The third-order valence-corrected chi connectivity index (χ3v) is 9.50. The maximum absolute atomic E-state index is 6.17. The van der Waals surface area contributed by atoms with Crippen LogP contribution in [-0.2, 0) is 15.9 Å². The van der Waals surface area contributed by atoms with Gasteiger partial charge in [0, 0.05) is 37.2 Å². The fourth-order valence-corrected chi connectivity index (χ4v) is 7.44. The number of fused-ring (bicyclic) bond motifs is 2. The minimum atomic E-state index is -0.101. The van der Waals surface area contributed by atoms with Gasteiger partial charge in [0.15, 0.2) is 23.2 Å². The van der Waals surface area contributed by atoms with Crippen LogP contribution >= 0.6 is 11.8 Å². The average Bonchev–Trinajstić information content (AvgIpc) is 3.49. The Kier molecular flexibility index (Phi) is 5.78. The molecule has 1 spiro atoms. The Labute approximate surface area is 215 Å². The second kappa shape index (κ2) is 9.15. The summed E-state index contributed by atoms with van der Waals surface area (Å²) in [6, 6.07) is 4.14. The maximum Gasteiger partial charge on any atom is 0.183 e. The minimum absolute atomic E-state index is 0.101. The lowest BCUT2D eigenvalue weighted by atomic mass is 9.96. The van der Waals surface area contributed by atoms with E-state index in [0.717, 1.165) is 112 Å². The molecule has 4 aliphatic heterocycles. The van der Waals surface area contributed by atoms with Crippen molar-refractivity contribution in [2.75, 3.05) is 42.6 Å². The first-order valence-corrected chi connectivity index (χ1v) is 14.2. The van der Waals surface area contributed by atoms with Crippen molar-refractivity contribution in [1.82, 2.24) is 24.7 Å². The van der Waals surface area contributed by atoms with Gasteiger partial charge in [-0.1, -0.05) is 0 Å². The van der Waals surface area contributed by atoms with Crippen molar-refractivity contribution in [1.29, 1.82) is 0 Å². The standard InChI is InChI=1S/C26H33N7O2S/c1-18-35-17-26(36-18)9-13-31(14-10-26)21-16-28-23-24(29-21)33(22-8-2-3-15-34-22)30-25(23)32-12-5-6-19-20(32)7-4-11-27-19/h4,7,11,16,18,22H,2-3,5-6,8-10,12-15,17H2,1H3/t18-,22?/m1/s1. The van der Waals surface area contributed by atoms with E-state index in [4.69, 9.17) is 24.5 Å². The predicted molar refractivity (Wildman–Crippen MR) is 141 cm³/mol. The van der Waals surface area contributed by atoms with E-state index in [1.165, 1.54) is 0 Å². The largest absolute Gasteiger partial charge is 0.366 e. The SMILES string of the molecule is C[C@@H]1OCC2(CCN(c3cnc4c(N5CCCc6ncccc65)nn(C5CCCCO5)c4n3)CC2)S1. The van der Waals surface area contributed by atoms with E-state index in [1.807, 2.05) is 34.9 Å². The van der Waals surface area contributed by atoms with Gasteiger partial charge in [-0.25, -0.2) is 14.6 Å². The van der Waals surface area contributed by atoms with Gasteiger partial charge in [-0.15, -0.1) is 16.9 Å². The fraction of sp³-hybridized carbons (Fsp3) is 0.615. The first-order chi connectivity index (χ1) is 17.7. The number of pyridine rings is 1. The van der Waals surface area contributed by atoms with E-state index in [9.17, 15) is 0 Å². The summed E-state index contributed by atoms with van der Waals surface area (Å²) < 4.78 is 14.3. The summed E-state index contributed by atoms with van der Waals surface area (Å²) >= 11 is 2.00. The van der Waals surface area contributed by atoms with Gasteiger partial charge in [0.05, 0.1) is 24.2 Å². The molecule has 3 aromatic rings. The number of piperidine rings is 1. The first kappa shape index (κ1) is 22.7. The number of ether oxygens (including phenoxy) is 2. The number of anilines is 3. The minimum Gasteiger partial charge on any atom is -0.366 e. The molecule has 7 heterocycles. The third kappa shape index (κ3) is 3.94. The van der Waals surface area contributed by atoms with Crippen LogP contribution in [0.1, 0.15) is 57.4 Å². The van der Waals surface area contributed by atoms with Crippen LogP contribution in [0.3, 0.4) is 0 Å². The number of aromatic nitrogens is 5. The van der Waals surface area contributed by atoms with E-state index in [-0.39, 0.29) is 11.0 Å². The van der Waals surface area contributed by atoms with Gasteiger partial charge in [0.2, 0.25) is 0 Å². The molecule has 7 rings (SSSR count). The van der Waals surface area contributed by atoms with Gasteiger partial charge < -0.3 is 19.3 Å². The molecule has 1 unspecified atom stereocenters. The van der Waals surface area contributed by atoms with Crippen LogP contribution in [0.2, 0.25) is 0 Å². The van der Waals surface area contributed by atoms with Gasteiger partial charge >= 0.3 is 0 Å². The molecule has 0 amide bonds. The van der Waals surface area contributed by atoms with E-state index >= 15 is 0 Å². The highest BCUT2D eigenvalue weighted by molar-refractivity contribution is 8.01. The van der Waals surface area contributed by atoms with Crippen LogP contribution in [-0.4, -0.2) is 67.8 Å². The summed E-state index contributed by atoms with van der Waals surface area (Å²) in [6.07, 6.45) is 11.1. The monoisotopic (exact) mass is 507 g/mol. The highest BCUT2D eigenvalue weighted by atomic mass is 32.2. The molecule has 0 saturated carbocycles. The smallest absolute Gasteiger partial charge is 0.183 e. The number of hydrogen-bond acceptors (Lipinski definition) is 9. The molecule has 2 atom stereocenters. The van der Waals surface area contributed by atoms with Gasteiger partial charge in [-0.05, 0) is 64.0 Å². The van der Waals surface area contributed by atoms with Gasteiger partial charge in [0.25, 0.3) is 0 Å². The zero-order valence-corrected chi connectivity index (χ0v) is 21.6. The van der Waals surface area contributed by atoms with Crippen LogP contribution in [0.25, 0.3) is 11.2 Å². The lowest BCUT2D eigenvalue weighted by Crippen LogP contribution is -2.43. The molecule has 3 saturated heterocycles. The lowest BCUT2D eigenvalue weighted by molar-refractivity contribution is -0.0368. The summed E-state index contributed by atoms with van der Waals surface area (Å²) in [4.78, 5) is 19.4. The van der Waals surface area contributed by atoms with Crippen molar-refractivity contribution in [2.24, 2.45) is 0 Å².